The normalized spacial score (nSPS) is 11.6. The summed E-state index contributed by atoms with van der Waals surface area (Å²) in [7, 11) is 0. The van der Waals surface area contributed by atoms with Gasteiger partial charge in [-0.05, 0) is 48.2 Å². The molecule has 0 saturated heterocycles. The Kier molecular flexibility index (Phi) is 8.56. The second-order valence-corrected chi connectivity index (χ2v) is 8.29. The molecule has 1 atom stereocenters. The fourth-order valence-corrected chi connectivity index (χ4v) is 4.00. The molecule has 2 aromatic heterocycles. The summed E-state index contributed by atoms with van der Waals surface area (Å²) in [6, 6.07) is 5.32. The first-order chi connectivity index (χ1) is 17.6. The van der Waals surface area contributed by atoms with Crippen molar-refractivity contribution in [1.29, 1.82) is 0 Å². The van der Waals surface area contributed by atoms with E-state index in [1.165, 1.54) is 0 Å². The van der Waals surface area contributed by atoms with Crippen molar-refractivity contribution >= 4 is 46.3 Å². The van der Waals surface area contributed by atoms with Crippen molar-refractivity contribution < 1.29 is 24.6 Å². The molecule has 7 N–H and O–H groups in total. The number of anilines is 3. The molecule has 0 bridgehead atoms. The van der Waals surface area contributed by atoms with E-state index in [0.717, 1.165) is 16.8 Å². The smallest absolute Gasteiger partial charge is 0.326 e. The van der Waals surface area contributed by atoms with E-state index in [1.54, 1.807) is 36.5 Å². The van der Waals surface area contributed by atoms with Crippen LogP contribution in [-0.2, 0) is 22.6 Å². The number of amides is 1. The van der Waals surface area contributed by atoms with E-state index in [1.807, 2.05) is 11.8 Å². The number of carboxylic acids is 2. The Morgan fingerprint density at radius 1 is 1.16 bits per heavy atom. The minimum Gasteiger partial charge on any atom is -0.481 e. The van der Waals surface area contributed by atoms with Crippen molar-refractivity contribution in [2.45, 2.75) is 38.8 Å². The van der Waals surface area contributed by atoms with Crippen LogP contribution in [0.2, 0.25) is 0 Å². The SMILES string of the molecule is C=CCN(Cc1cnc2nc(N)nc(N)c2c1CC)c1ccc(C(=O)N[C@@H](CCC(=O)O)C(=O)O)cc1. The number of carbonyl (C=O) groups excluding carboxylic acids is 1. The number of carbonyl (C=O) groups is 3. The molecule has 12 heteroatoms. The predicted octanol–water partition coefficient (Wildman–Crippen LogP) is 1.99. The quantitative estimate of drug-likeness (QED) is 0.225. The first kappa shape index (κ1) is 26.9. The average Bonchev–Trinajstić information content (AvgIpc) is 2.85. The van der Waals surface area contributed by atoms with Gasteiger partial charge in [-0.15, -0.1) is 6.58 Å². The number of carboxylic acid groups (broad SMARTS) is 2. The Hall–Kier alpha value is -4.74. The van der Waals surface area contributed by atoms with Gasteiger partial charge in [0.1, 0.15) is 11.9 Å². The van der Waals surface area contributed by atoms with E-state index in [2.05, 4.69) is 26.8 Å². The summed E-state index contributed by atoms with van der Waals surface area (Å²) < 4.78 is 0. The van der Waals surface area contributed by atoms with Crippen LogP contribution in [0.1, 0.15) is 41.3 Å². The fourth-order valence-electron chi connectivity index (χ4n) is 4.00. The largest absolute Gasteiger partial charge is 0.481 e. The second-order valence-electron chi connectivity index (χ2n) is 8.29. The molecule has 0 fully saturated rings. The lowest BCUT2D eigenvalue weighted by Gasteiger charge is -2.25. The molecule has 3 aromatic rings. The molecule has 0 spiro atoms. The third-order valence-corrected chi connectivity index (χ3v) is 5.78. The number of rotatable bonds is 12. The molecule has 12 nitrogen and oxygen atoms in total. The standard InChI is InChI=1S/C25H29N7O5/c1-3-11-32(13-15-12-28-22-20(17(15)4-2)21(26)30-25(27)31-22)16-7-5-14(6-8-16)23(35)29-18(24(36)37)9-10-19(33)34/h3,5-8,12,18H,1,4,9-11,13H2,2H3,(H,29,35)(H,33,34)(H,36,37)(H4,26,27,28,30,31)/t18-/m0/s1. The molecule has 0 aliphatic heterocycles. The topological polar surface area (TPSA) is 198 Å². The van der Waals surface area contributed by atoms with Gasteiger partial charge in [-0.25, -0.2) is 9.78 Å². The predicted molar refractivity (Wildman–Crippen MR) is 139 cm³/mol. The Morgan fingerprint density at radius 3 is 2.46 bits per heavy atom. The van der Waals surface area contributed by atoms with Crippen LogP contribution in [0.25, 0.3) is 11.0 Å². The maximum Gasteiger partial charge on any atom is 0.326 e. The maximum absolute atomic E-state index is 12.6. The summed E-state index contributed by atoms with van der Waals surface area (Å²) in [5.41, 5.74) is 15.2. The van der Waals surface area contributed by atoms with E-state index in [4.69, 9.17) is 16.6 Å². The van der Waals surface area contributed by atoms with Gasteiger partial charge in [-0.2, -0.15) is 9.97 Å². The molecular weight excluding hydrogens is 478 g/mol. The van der Waals surface area contributed by atoms with Crippen LogP contribution < -0.4 is 21.7 Å². The van der Waals surface area contributed by atoms with Gasteiger partial charge in [0.25, 0.3) is 5.91 Å². The van der Waals surface area contributed by atoms with Crippen molar-refractivity contribution in [3.8, 4) is 0 Å². The van der Waals surface area contributed by atoms with Crippen LogP contribution in [0.3, 0.4) is 0 Å². The summed E-state index contributed by atoms with van der Waals surface area (Å²) >= 11 is 0. The number of nitrogen functional groups attached to an aromatic ring is 2. The number of aliphatic carboxylic acids is 2. The van der Waals surface area contributed by atoms with Gasteiger partial charge >= 0.3 is 11.9 Å². The Bertz CT molecular complexity index is 1330. The van der Waals surface area contributed by atoms with Crippen molar-refractivity contribution in [1.82, 2.24) is 20.3 Å². The van der Waals surface area contributed by atoms with Crippen LogP contribution in [-0.4, -0.2) is 55.6 Å². The molecule has 0 saturated carbocycles. The Balaban J connectivity index is 1.83. The minimum absolute atomic E-state index is 0.0567. The molecule has 0 unspecified atom stereocenters. The number of aryl methyl sites for hydroxylation is 1. The third kappa shape index (κ3) is 6.48. The highest BCUT2D eigenvalue weighted by Crippen LogP contribution is 2.27. The molecule has 1 amide bonds. The summed E-state index contributed by atoms with van der Waals surface area (Å²) in [4.78, 5) is 49.4. The van der Waals surface area contributed by atoms with Crippen molar-refractivity contribution in [2.75, 3.05) is 22.9 Å². The van der Waals surface area contributed by atoms with E-state index < -0.39 is 23.9 Å². The first-order valence-corrected chi connectivity index (χ1v) is 11.5. The number of aromatic nitrogens is 3. The van der Waals surface area contributed by atoms with Gasteiger partial charge in [-0.1, -0.05) is 13.0 Å². The fraction of sp³-hybridized carbons (Fsp3) is 0.280. The molecule has 3 rings (SSSR count). The highest BCUT2D eigenvalue weighted by Gasteiger charge is 2.22. The molecule has 37 heavy (non-hydrogen) atoms. The highest BCUT2D eigenvalue weighted by atomic mass is 16.4. The van der Waals surface area contributed by atoms with Crippen molar-refractivity contribution in [3.05, 3.63) is 59.8 Å². The number of benzene rings is 1. The Morgan fingerprint density at radius 2 is 1.86 bits per heavy atom. The molecule has 0 aliphatic rings. The van der Waals surface area contributed by atoms with Crippen LogP contribution >= 0.6 is 0 Å². The summed E-state index contributed by atoms with van der Waals surface area (Å²) in [6.07, 6.45) is 3.55. The van der Waals surface area contributed by atoms with Crippen LogP contribution in [0.5, 0.6) is 0 Å². The monoisotopic (exact) mass is 507 g/mol. The number of nitrogens with two attached hydrogens (primary N) is 2. The molecular formula is C25H29N7O5. The van der Waals surface area contributed by atoms with Crippen LogP contribution in [0.15, 0.2) is 43.1 Å². The molecule has 194 valence electrons. The summed E-state index contributed by atoms with van der Waals surface area (Å²) in [6.45, 7) is 6.80. The van der Waals surface area contributed by atoms with Gasteiger partial charge in [0.15, 0.2) is 5.65 Å². The second kappa shape index (κ2) is 11.8. The van der Waals surface area contributed by atoms with Gasteiger partial charge in [0.2, 0.25) is 5.95 Å². The number of nitrogens with one attached hydrogen (secondary N) is 1. The maximum atomic E-state index is 12.6. The summed E-state index contributed by atoms with van der Waals surface area (Å²) in [5.74, 6) is -2.72. The van der Waals surface area contributed by atoms with Gasteiger partial charge < -0.3 is 31.9 Å². The number of nitrogens with zero attached hydrogens (tertiary/aromatic N) is 4. The van der Waals surface area contributed by atoms with Gasteiger partial charge in [0.05, 0.1) is 5.39 Å². The Labute approximate surface area is 213 Å². The zero-order valence-electron chi connectivity index (χ0n) is 20.3. The number of fused-ring (bicyclic) bond motifs is 1. The molecule has 1 aromatic carbocycles. The van der Waals surface area contributed by atoms with E-state index in [9.17, 15) is 19.5 Å². The zero-order chi connectivity index (χ0) is 27.1. The minimum atomic E-state index is -1.31. The van der Waals surface area contributed by atoms with E-state index in [0.29, 0.717) is 30.5 Å². The highest BCUT2D eigenvalue weighted by molar-refractivity contribution is 5.97. The average molecular weight is 508 g/mol. The zero-order valence-corrected chi connectivity index (χ0v) is 20.3. The van der Waals surface area contributed by atoms with Crippen LogP contribution in [0, 0.1) is 0 Å². The van der Waals surface area contributed by atoms with E-state index >= 15 is 0 Å². The lowest BCUT2D eigenvalue weighted by molar-refractivity contribution is -0.140. The number of hydrogen-bond donors (Lipinski definition) is 5. The lowest BCUT2D eigenvalue weighted by Crippen LogP contribution is -2.41. The number of pyridine rings is 1. The van der Waals surface area contributed by atoms with Crippen molar-refractivity contribution in [2.24, 2.45) is 0 Å². The molecule has 2 heterocycles. The van der Waals surface area contributed by atoms with E-state index in [-0.39, 0.29) is 30.2 Å². The van der Waals surface area contributed by atoms with Gasteiger partial charge in [-0.3, -0.25) is 9.59 Å². The third-order valence-electron chi connectivity index (χ3n) is 5.78. The number of hydrogen-bond acceptors (Lipinski definition) is 9. The lowest BCUT2D eigenvalue weighted by atomic mass is 10.0. The molecule has 0 aliphatic carbocycles. The first-order valence-electron chi connectivity index (χ1n) is 11.5. The molecule has 0 radical (unpaired) electrons. The van der Waals surface area contributed by atoms with Gasteiger partial charge in [0, 0.05) is 37.0 Å². The van der Waals surface area contributed by atoms with Crippen LogP contribution in [0.4, 0.5) is 17.5 Å². The summed E-state index contributed by atoms with van der Waals surface area (Å²) in [5, 5.41) is 21.1. The van der Waals surface area contributed by atoms with Crippen molar-refractivity contribution in [3.63, 3.8) is 0 Å².